The molecule has 136 valence electrons. The molecule has 1 aromatic carbocycles. The summed E-state index contributed by atoms with van der Waals surface area (Å²) >= 11 is 0. The smallest absolute Gasteiger partial charge is 0.317 e. The van der Waals surface area contributed by atoms with Crippen LogP contribution in [0.25, 0.3) is 0 Å². The van der Waals surface area contributed by atoms with E-state index >= 15 is 0 Å². The van der Waals surface area contributed by atoms with E-state index in [-0.39, 0.29) is 23.8 Å². The largest absolute Gasteiger partial charge is 0.343 e. The van der Waals surface area contributed by atoms with Crippen molar-refractivity contribution in [1.29, 1.82) is 0 Å². The number of hydrogen-bond donors (Lipinski definition) is 1. The molecule has 0 bridgehead atoms. The highest BCUT2D eigenvalue weighted by Gasteiger charge is 2.28. The SMILES string of the molecule is O=C1CCCN1CC[C@@H]1CCCCN1C(=O)NCc1cccc(F)c1. The van der Waals surface area contributed by atoms with Gasteiger partial charge in [0, 0.05) is 38.6 Å². The van der Waals surface area contributed by atoms with Crippen LogP contribution in [0.1, 0.15) is 44.1 Å². The maximum Gasteiger partial charge on any atom is 0.317 e. The number of nitrogens with zero attached hydrogens (tertiary/aromatic N) is 2. The first kappa shape index (κ1) is 17.7. The summed E-state index contributed by atoms with van der Waals surface area (Å²) in [5.74, 6) is -0.0595. The molecule has 25 heavy (non-hydrogen) atoms. The Labute approximate surface area is 148 Å². The fourth-order valence-electron chi connectivity index (χ4n) is 3.74. The molecule has 0 aliphatic carbocycles. The van der Waals surface area contributed by atoms with Gasteiger partial charge in [-0.1, -0.05) is 12.1 Å². The molecule has 3 amide bonds. The number of amides is 3. The molecule has 1 atom stereocenters. The number of benzene rings is 1. The van der Waals surface area contributed by atoms with Crippen LogP contribution in [-0.4, -0.2) is 47.4 Å². The van der Waals surface area contributed by atoms with Crippen LogP contribution in [0.5, 0.6) is 0 Å². The van der Waals surface area contributed by atoms with Crippen molar-refractivity contribution in [3.63, 3.8) is 0 Å². The highest BCUT2D eigenvalue weighted by molar-refractivity contribution is 5.78. The van der Waals surface area contributed by atoms with Gasteiger partial charge >= 0.3 is 6.03 Å². The highest BCUT2D eigenvalue weighted by Crippen LogP contribution is 2.21. The second kappa shape index (κ2) is 8.32. The molecular weight excluding hydrogens is 321 g/mol. The van der Waals surface area contributed by atoms with Crippen LogP contribution in [0, 0.1) is 5.82 Å². The minimum atomic E-state index is -0.294. The first-order chi connectivity index (χ1) is 12.1. The molecule has 2 aliphatic heterocycles. The molecule has 0 radical (unpaired) electrons. The number of carbonyl (C=O) groups excluding carboxylic acids is 2. The lowest BCUT2D eigenvalue weighted by Crippen LogP contribution is -2.49. The summed E-state index contributed by atoms with van der Waals surface area (Å²) in [4.78, 5) is 28.1. The number of hydrogen-bond acceptors (Lipinski definition) is 2. The molecule has 1 N–H and O–H groups in total. The third-order valence-electron chi connectivity index (χ3n) is 5.12. The first-order valence-electron chi connectivity index (χ1n) is 9.20. The van der Waals surface area contributed by atoms with Crippen molar-refractivity contribution in [2.45, 2.75) is 51.1 Å². The molecule has 2 saturated heterocycles. The Balaban J connectivity index is 1.52. The maximum absolute atomic E-state index is 13.2. The van der Waals surface area contributed by atoms with Gasteiger partial charge in [0.2, 0.25) is 5.91 Å². The van der Waals surface area contributed by atoms with E-state index in [0.29, 0.717) is 13.0 Å². The van der Waals surface area contributed by atoms with Crippen LogP contribution < -0.4 is 5.32 Å². The average Bonchev–Trinajstić information content (AvgIpc) is 3.03. The van der Waals surface area contributed by atoms with Crippen LogP contribution in [0.15, 0.2) is 24.3 Å². The molecule has 1 aromatic rings. The molecule has 0 spiro atoms. The summed E-state index contributed by atoms with van der Waals surface area (Å²) in [6, 6.07) is 6.36. The zero-order valence-electron chi connectivity index (χ0n) is 14.5. The molecule has 2 aliphatic rings. The fourth-order valence-corrected chi connectivity index (χ4v) is 3.74. The van der Waals surface area contributed by atoms with Crippen molar-refractivity contribution in [2.24, 2.45) is 0 Å². The Morgan fingerprint density at radius 1 is 1.24 bits per heavy atom. The molecule has 0 unspecified atom stereocenters. The van der Waals surface area contributed by atoms with Gasteiger partial charge in [0.1, 0.15) is 5.82 Å². The van der Waals surface area contributed by atoms with Gasteiger partial charge in [-0.3, -0.25) is 4.79 Å². The molecule has 3 rings (SSSR count). The zero-order chi connectivity index (χ0) is 17.6. The number of carbonyl (C=O) groups is 2. The van der Waals surface area contributed by atoms with Gasteiger partial charge in [-0.25, -0.2) is 9.18 Å². The third kappa shape index (κ3) is 4.71. The monoisotopic (exact) mass is 347 g/mol. The molecular formula is C19H26FN3O2. The standard InChI is InChI=1S/C19H26FN3O2/c20-16-6-3-5-15(13-16)14-21-19(25)23-11-2-1-7-17(23)9-12-22-10-4-8-18(22)24/h3,5-6,13,17H,1-2,4,7-12,14H2,(H,21,25)/t17-/m0/s1. The summed E-state index contributed by atoms with van der Waals surface area (Å²) in [5, 5.41) is 2.90. The van der Waals surface area contributed by atoms with Gasteiger partial charge in [0.15, 0.2) is 0 Å². The number of rotatable bonds is 5. The molecule has 6 heteroatoms. The predicted molar refractivity (Wildman–Crippen MR) is 93.4 cm³/mol. The summed E-state index contributed by atoms with van der Waals surface area (Å²) in [6.07, 6.45) is 5.54. The minimum Gasteiger partial charge on any atom is -0.343 e. The van der Waals surface area contributed by atoms with Gasteiger partial charge in [0.25, 0.3) is 0 Å². The van der Waals surface area contributed by atoms with Crippen molar-refractivity contribution in [3.05, 3.63) is 35.6 Å². The minimum absolute atomic E-state index is 0.0956. The Kier molecular flexibility index (Phi) is 5.89. The van der Waals surface area contributed by atoms with Crippen molar-refractivity contribution in [3.8, 4) is 0 Å². The lowest BCUT2D eigenvalue weighted by atomic mass is 9.99. The van der Waals surface area contributed by atoms with E-state index in [1.807, 2.05) is 9.80 Å². The van der Waals surface area contributed by atoms with Crippen molar-refractivity contribution >= 4 is 11.9 Å². The second-order valence-electron chi connectivity index (χ2n) is 6.90. The van der Waals surface area contributed by atoms with Crippen LogP contribution >= 0.6 is 0 Å². The van der Waals surface area contributed by atoms with E-state index in [1.54, 1.807) is 12.1 Å². The van der Waals surface area contributed by atoms with Crippen LogP contribution in [0.2, 0.25) is 0 Å². The molecule has 5 nitrogen and oxygen atoms in total. The van der Waals surface area contributed by atoms with Crippen LogP contribution in [-0.2, 0) is 11.3 Å². The maximum atomic E-state index is 13.2. The Morgan fingerprint density at radius 3 is 2.88 bits per heavy atom. The quantitative estimate of drug-likeness (QED) is 0.890. The summed E-state index contributed by atoms with van der Waals surface area (Å²) < 4.78 is 13.2. The van der Waals surface area contributed by atoms with E-state index in [9.17, 15) is 14.0 Å². The molecule has 0 saturated carbocycles. The number of urea groups is 1. The number of piperidine rings is 1. The highest BCUT2D eigenvalue weighted by atomic mass is 19.1. The fraction of sp³-hybridized carbons (Fsp3) is 0.579. The van der Waals surface area contributed by atoms with Crippen LogP contribution in [0.3, 0.4) is 0 Å². The van der Waals surface area contributed by atoms with Gasteiger partial charge in [-0.2, -0.15) is 0 Å². The lowest BCUT2D eigenvalue weighted by Gasteiger charge is -2.36. The zero-order valence-corrected chi connectivity index (χ0v) is 14.5. The van der Waals surface area contributed by atoms with Gasteiger partial charge < -0.3 is 15.1 Å². The average molecular weight is 347 g/mol. The number of halogens is 1. The first-order valence-corrected chi connectivity index (χ1v) is 9.20. The lowest BCUT2D eigenvalue weighted by molar-refractivity contribution is -0.127. The van der Waals surface area contributed by atoms with E-state index in [0.717, 1.165) is 57.3 Å². The third-order valence-corrected chi connectivity index (χ3v) is 5.12. The van der Waals surface area contributed by atoms with Crippen molar-refractivity contribution in [1.82, 2.24) is 15.1 Å². The van der Waals surface area contributed by atoms with E-state index < -0.39 is 0 Å². The summed E-state index contributed by atoms with van der Waals surface area (Å²) in [5.41, 5.74) is 0.754. The number of likely N-dealkylation sites (tertiary alicyclic amines) is 2. The van der Waals surface area contributed by atoms with Crippen molar-refractivity contribution in [2.75, 3.05) is 19.6 Å². The molecule has 0 aromatic heterocycles. The molecule has 2 fully saturated rings. The normalized spacial score (nSPS) is 20.8. The molecule has 2 heterocycles. The van der Waals surface area contributed by atoms with Gasteiger partial charge in [0.05, 0.1) is 0 Å². The van der Waals surface area contributed by atoms with E-state index in [4.69, 9.17) is 0 Å². The number of nitrogens with one attached hydrogen (secondary N) is 1. The van der Waals surface area contributed by atoms with E-state index in [1.165, 1.54) is 12.1 Å². The summed E-state index contributed by atoms with van der Waals surface area (Å²) in [6.45, 7) is 2.65. The van der Waals surface area contributed by atoms with Crippen LogP contribution in [0.4, 0.5) is 9.18 Å². The van der Waals surface area contributed by atoms with E-state index in [2.05, 4.69) is 5.32 Å². The topological polar surface area (TPSA) is 52.7 Å². The Hall–Kier alpha value is -2.11. The van der Waals surface area contributed by atoms with Crippen molar-refractivity contribution < 1.29 is 14.0 Å². The Bertz CT molecular complexity index is 622. The predicted octanol–water partition coefficient (Wildman–Crippen LogP) is 2.90. The van der Waals surface area contributed by atoms with Gasteiger partial charge in [-0.05, 0) is 49.8 Å². The Morgan fingerprint density at radius 2 is 2.12 bits per heavy atom. The van der Waals surface area contributed by atoms with Gasteiger partial charge in [-0.15, -0.1) is 0 Å². The second-order valence-corrected chi connectivity index (χ2v) is 6.90. The summed E-state index contributed by atoms with van der Waals surface area (Å²) in [7, 11) is 0.